The number of hydrogen-bond acceptors (Lipinski definition) is 4. The molecule has 0 saturated heterocycles. The fourth-order valence-electron chi connectivity index (χ4n) is 4.84. The van der Waals surface area contributed by atoms with Crippen LogP contribution in [0.1, 0.15) is 45.7 Å². The average molecular weight is 356 g/mol. The van der Waals surface area contributed by atoms with Gasteiger partial charge in [0.25, 0.3) is 0 Å². The highest BCUT2D eigenvalue weighted by molar-refractivity contribution is 7.13. The normalized spacial score (nSPS) is 29.7. The molecule has 25 heavy (non-hydrogen) atoms. The molecule has 0 radical (unpaired) electrons. The van der Waals surface area contributed by atoms with Crippen LogP contribution >= 0.6 is 11.3 Å². The van der Waals surface area contributed by atoms with Gasteiger partial charge >= 0.3 is 0 Å². The zero-order valence-corrected chi connectivity index (χ0v) is 15.9. The molecule has 5 heteroatoms. The Hall–Kier alpha value is -1.75. The second kappa shape index (κ2) is 5.90. The Morgan fingerprint density at radius 1 is 1.40 bits per heavy atom. The van der Waals surface area contributed by atoms with Crippen LogP contribution < -0.4 is 5.32 Å². The van der Waals surface area contributed by atoms with Crippen molar-refractivity contribution in [3.63, 3.8) is 0 Å². The predicted octanol–water partition coefficient (Wildman–Crippen LogP) is 4.08. The van der Waals surface area contributed by atoms with Crippen LogP contribution in [0.25, 0.3) is 10.6 Å². The molecule has 2 saturated carbocycles. The standard InChI is InChI=1S/C20H25N3OS/c1-19(2)14-6-7-20(19,3)16(9-14)23-17(24)10-15-12-25-18(22-15)13-5-4-8-21-11-13/h4-5,8,11-12,14,16H,6-7,9-10H2,1-3H3,(H,23,24)/t14-,16-,20-/m0/s1. The van der Waals surface area contributed by atoms with Gasteiger partial charge in [0.05, 0.1) is 12.1 Å². The first-order chi connectivity index (χ1) is 11.9. The van der Waals surface area contributed by atoms with Gasteiger partial charge in [-0.1, -0.05) is 20.8 Å². The van der Waals surface area contributed by atoms with Gasteiger partial charge in [0.1, 0.15) is 5.01 Å². The van der Waals surface area contributed by atoms with Crippen molar-refractivity contribution in [2.75, 3.05) is 0 Å². The maximum absolute atomic E-state index is 12.6. The molecule has 4 nitrogen and oxygen atoms in total. The highest BCUT2D eigenvalue weighted by atomic mass is 32.1. The quantitative estimate of drug-likeness (QED) is 0.899. The van der Waals surface area contributed by atoms with Crippen molar-refractivity contribution in [3.05, 3.63) is 35.6 Å². The fraction of sp³-hybridized carbons (Fsp3) is 0.550. The zero-order valence-electron chi connectivity index (χ0n) is 15.1. The first-order valence-corrected chi connectivity index (χ1v) is 9.92. The van der Waals surface area contributed by atoms with Crippen LogP contribution in [0.5, 0.6) is 0 Å². The number of nitrogens with one attached hydrogen (secondary N) is 1. The van der Waals surface area contributed by atoms with Crippen molar-refractivity contribution in [1.29, 1.82) is 0 Å². The van der Waals surface area contributed by atoms with Crippen LogP contribution in [0.15, 0.2) is 29.9 Å². The molecule has 2 aliphatic rings. The van der Waals surface area contributed by atoms with Gasteiger partial charge < -0.3 is 5.32 Å². The summed E-state index contributed by atoms with van der Waals surface area (Å²) in [6, 6.07) is 4.19. The van der Waals surface area contributed by atoms with E-state index >= 15 is 0 Å². The lowest BCUT2D eigenvalue weighted by Crippen LogP contribution is -2.47. The molecule has 2 aromatic heterocycles. The Labute approximate surface area is 153 Å². The smallest absolute Gasteiger partial charge is 0.226 e. The third-order valence-electron chi connectivity index (χ3n) is 6.93. The van der Waals surface area contributed by atoms with E-state index < -0.39 is 0 Å². The summed E-state index contributed by atoms with van der Waals surface area (Å²) in [4.78, 5) is 21.3. The summed E-state index contributed by atoms with van der Waals surface area (Å²) in [5, 5.41) is 6.22. The Balaban J connectivity index is 1.42. The van der Waals surface area contributed by atoms with Crippen molar-refractivity contribution in [3.8, 4) is 10.6 Å². The minimum atomic E-state index is 0.0950. The van der Waals surface area contributed by atoms with Gasteiger partial charge in [0.2, 0.25) is 5.91 Å². The molecular formula is C20H25N3OS. The lowest BCUT2D eigenvalue weighted by Gasteiger charge is -2.39. The van der Waals surface area contributed by atoms with Crippen LogP contribution in [0.2, 0.25) is 0 Å². The third kappa shape index (κ3) is 2.69. The number of aromatic nitrogens is 2. The van der Waals surface area contributed by atoms with Gasteiger partial charge in [-0.25, -0.2) is 4.98 Å². The summed E-state index contributed by atoms with van der Waals surface area (Å²) < 4.78 is 0. The van der Waals surface area contributed by atoms with Crippen molar-refractivity contribution in [2.45, 2.75) is 52.5 Å². The van der Waals surface area contributed by atoms with E-state index in [9.17, 15) is 4.79 Å². The Morgan fingerprint density at radius 2 is 2.24 bits per heavy atom. The first-order valence-electron chi connectivity index (χ1n) is 9.04. The second-order valence-corrected chi connectivity index (χ2v) is 9.15. The lowest BCUT2D eigenvalue weighted by molar-refractivity contribution is -0.122. The molecule has 0 aromatic carbocycles. The SMILES string of the molecule is CC1(C)[C@H]2CC[C@@]1(C)[C@@H](NC(=O)Cc1csc(-c3cccnc3)n1)C2. The highest BCUT2D eigenvalue weighted by Gasteiger charge is 2.61. The molecule has 0 spiro atoms. The highest BCUT2D eigenvalue weighted by Crippen LogP contribution is 2.65. The van der Waals surface area contributed by atoms with Crippen LogP contribution in [0, 0.1) is 16.7 Å². The summed E-state index contributed by atoms with van der Waals surface area (Å²) >= 11 is 1.57. The van der Waals surface area contributed by atoms with E-state index in [2.05, 4.69) is 36.1 Å². The van der Waals surface area contributed by atoms with E-state index in [-0.39, 0.29) is 11.3 Å². The number of fused-ring (bicyclic) bond motifs is 2. The maximum Gasteiger partial charge on any atom is 0.226 e. The minimum Gasteiger partial charge on any atom is -0.352 e. The number of hydrogen-bond donors (Lipinski definition) is 1. The van der Waals surface area contributed by atoms with Crippen molar-refractivity contribution >= 4 is 17.2 Å². The van der Waals surface area contributed by atoms with Crippen LogP contribution in [-0.2, 0) is 11.2 Å². The molecule has 4 rings (SSSR count). The molecule has 2 aliphatic carbocycles. The average Bonchev–Trinajstić information content (AvgIpc) is 3.18. The minimum absolute atomic E-state index is 0.0950. The number of amides is 1. The Bertz CT molecular complexity index is 785. The van der Waals surface area contributed by atoms with Gasteiger partial charge in [0.15, 0.2) is 0 Å². The van der Waals surface area contributed by atoms with E-state index in [0.29, 0.717) is 17.9 Å². The molecule has 2 aromatic rings. The number of pyridine rings is 1. The summed E-state index contributed by atoms with van der Waals surface area (Å²) in [6.45, 7) is 7.10. The predicted molar refractivity (Wildman–Crippen MR) is 100 cm³/mol. The molecule has 3 atom stereocenters. The summed E-state index contributed by atoms with van der Waals surface area (Å²) in [7, 11) is 0. The van der Waals surface area contributed by atoms with Crippen LogP contribution in [-0.4, -0.2) is 21.9 Å². The van der Waals surface area contributed by atoms with E-state index in [1.165, 1.54) is 12.8 Å². The van der Waals surface area contributed by atoms with E-state index in [0.717, 1.165) is 28.6 Å². The fourth-order valence-corrected chi connectivity index (χ4v) is 5.65. The number of rotatable bonds is 4. The molecule has 1 N–H and O–H groups in total. The van der Waals surface area contributed by atoms with Crippen molar-refractivity contribution < 1.29 is 4.79 Å². The van der Waals surface area contributed by atoms with Gasteiger partial charge in [-0.3, -0.25) is 9.78 Å². The molecular weight excluding hydrogens is 330 g/mol. The first kappa shape index (κ1) is 16.7. The second-order valence-electron chi connectivity index (χ2n) is 8.29. The molecule has 132 valence electrons. The van der Waals surface area contributed by atoms with E-state index in [4.69, 9.17) is 0 Å². The maximum atomic E-state index is 12.6. The summed E-state index contributed by atoms with van der Waals surface area (Å²) in [5.41, 5.74) is 2.38. The lowest BCUT2D eigenvalue weighted by atomic mass is 9.69. The molecule has 0 aliphatic heterocycles. The summed E-state index contributed by atoms with van der Waals surface area (Å²) in [5.74, 6) is 0.830. The molecule has 0 unspecified atom stereocenters. The van der Waals surface area contributed by atoms with E-state index in [1.54, 1.807) is 23.7 Å². The molecule has 2 bridgehead atoms. The van der Waals surface area contributed by atoms with Crippen molar-refractivity contribution in [2.24, 2.45) is 16.7 Å². The third-order valence-corrected chi connectivity index (χ3v) is 7.87. The number of carbonyl (C=O) groups is 1. The molecule has 1 amide bonds. The zero-order chi connectivity index (χ0) is 17.7. The van der Waals surface area contributed by atoms with Gasteiger partial charge in [-0.2, -0.15) is 0 Å². The number of carbonyl (C=O) groups excluding carboxylic acids is 1. The van der Waals surface area contributed by atoms with Crippen LogP contribution in [0.4, 0.5) is 0 Å². The monoisotopic (exact) mass is 355 g/mol. The largest absolute Gasteiger partial charge is 0.352 e. The van der Waals surface area contributed by atoms with Gasteiger partial charge in [-0.15, -0.1) is 11.3 Å². The Kier molecular flexibility index (Phi) is 3.95. The van der Waals surface area contributed by atoms with Gasteiger partial charge in [0, 0.05) is 29.4 Å². The van der Waals surface area contributed by atoms with Gasteiger partial charge in [-0.05, 0) is 48.1 Å². The molecule has 2 heterocycles. The Morgan fingerprint density at radius 3 is 2.88 bits per heavy atom. The molecule has 2 fully saturated rings. The number of thiazole rings is 1. The topological polar surface area (TPSA) is 54.9 Å². The van der Waals surface area contributed by atoms with E-state index in [1.807, 2.05) is 17.5 Å². The number of nitrogens with zero attached hydrogens (tertiary/aromatic N) is 2. The summed E-state index contributed by atoms with van der Waals surface area (Å²) in [6.07, 6.45) is 7.55. The van der Waals surface area contributed by atoms with Crippen molar-refractivity contribution in [1.82, 2.24) is 15.3 Å². The van der Waals surface area contributed by atoms with Crippen LogP contribution in [0.3, 0.4) is 0 Å².